The van der Waals surface area contributed by atoms with Crippen molar-refractivity contribution < 1.29 is 4.79 Å². The molecule has 2 rings (SSSR count). The van der Waals surface area contributed by atoms with Crippen molar-refractivity contribution in [3.63, 3.8) is 0 Å². The van der Waals surface area contributed by atoms with E-state index in [1.807, 2.05) is 19.1 Å². The molecule has 0 radical (unpaired) electrons. The van der Waals surface area contributed by atoms with Crippen LogP contribution in [-0.4, -0.2) is 23.5 Å². The Bertz CT molecular complexity index is 419. The number of carbonyl (C=O) groups is 1. The second-order valence-electron chi connectivity index (χ2n) is 4.82. The monoisotopic (exact) mass is 247 g/mol. The van der Waals surface area contributed by atoms with Crippen LogP contribution in [0.15, 0.2) is 18.3 Å². The highest BCUT2D eigenvalue weighted by Crippen LogP contribution is 2.37. The standard InChI is InChI=1S/C14H21N3O/c1-3-5-10-8-12(10)17-11-6-7-16-13(9-11)14(18)15-4-2/h6-7,9-10,12H,3-5,8H2,1-2H3,(H,15,18)(H,16,17). The zero-order valence-corrected chi connectivity index (χ0v) is 11.1. The molecule has 1 aromatic heterocycles. The van der Waals surface area contributed by atoms with Gasteiger partial charge in [0.25, 0.3) is 5.91 Å². The van der Waals surface area contributed by atoms with Crippen LogP contribution in [0.1, 0.15) is 43.6 Å². The van der Waals surface area contributed by atoms with Gasteiger partial charge in [0.15, 0.2) is 0 Å². The normalized spacial score (nSPS) is 21.4. The lowest BCUT2D eigenvalue weighted by atomic mass is 10.2. The first-order chi connectivity index (χ1) is 8.74. The van der Waals surface area contributed by atoms with Gasteiger partial charge in [0.1, 0.15) is 5.69 Å². The highest BCUT2D eigenvalue weighted by atomic mass is 16.1. The lowest BCUT2D eigenvalue weighted by molar-refractivity contribution is 0.0951. The molecule has 1 fully saturated rings. The molecule has 1 aliphatic rings. The summed E-state index contributed by atoms with van der Waals surface area (Å²) in [6.45, 7) is 4.74. The van der Waals surface area contributed by atoms with Crippen LogP contribution in [-0.2, 0) is 0 Å². The number of carbonyl (C=O) groups excluding carboxylic acids is 1. The van der Waals surface area contributed by atoms with E-state index in [0.29, 0.717) is 18.3 Å². The van der Waals surface area contributed by atoms with Gasteiger partial charge in [-0.3, -0.25) is 9.78 Å². The summed E-state index contributed by atoms with van der Waals surface area (Å²) in [5.74, 6) is 0.693. The van der Waals surface area contributed by atoms with E-state index < -0.39 is 0 Å². The summed E-state index contributed by atoms with van der Waals surface area (Å²) < 4.78 is 0. The molecule has 4 heteroatoms. The number of nitrogens with zero attached hydrogens (tertiary/aromatic N) is 1. The third-order valence-corrected chi connectivity index (χ3v) is 3.26. The van der Waals surface area contributed by atoms with Crippen LogP contribution < -0.4 is 10.6 Å². The van der Waals surface area contributed by atoms with Gasteiger partial charge in [-0.1, -0.05) is 13.3 Å². The van der Waals surface area contributed by atoms with Crippen molar-refractivity contribution in [2.75, 3.05) is 11.9 Å². The minimum Gasteiger partial charge on any atom is -0.382 e. The molecule has 98 valence electrons. The van der Waals surface area contributed by atoms with Gasteiger partial charge in [0, 0.05) is 24.5 Å². The second kappa shape index (κ2) is 5.85. The number of hydrogen-bond donors (Lipinski definition) is 2. The van der Waals surface area contributed by atoms with Crippen molar-refractivity contribution in [3.05, 3.63) is 24.0 Å². The molecule has 0 bridgehead atoms. The molecule has 1 aromatic rings. The average Bonchev–Trinajstić information content (AvgIpc) is 3.08. The summed E-state index contributed by atoms with van der Waals surface area (Å²) in [7, 11) is 0. The van der Waals surface area contributed by atoms with Crippen molar-refractivity contribution in [3.8, 4) is 0 Å². The van der Waals surface area contributed by atoms with Crippen molar-refractivity contribution in [2.24, 2.45) is 5.92 Å². The lowest BCUT2D eigenvalue weighted by Crippen LogP contribution is -2.23. The van der Waals surface area contributed by atoms with Gasteiger partial charge in [-0.15, -0.1) is 0 Å². The highest BCUT2D eigenvalue weighted by Gasteiger charge is 2.35. The molecule has 1 amide bonds. The Hall–Kier alpha value is -1.58. The minimum absolute atomic E-state index is 0.109. The quantitative estimate of drug-likeness (QED) is 0.811. The molecule has 1 aliphatic carbocycles. The van der Waals surface area contributed by atoms with Crippen molar-refractivity contribution in [2.45, 2.75) is 39.2 Å². The fraction of sp³-hybridized carbons (Fsp3) is 0.571. The van der Waals surface area contributed by atoms with Gasteiger partial charge < -0.3 is 10.6 Å². The molecular formula is C14H21N3O. The van der Waals surface area contributed by atoms with E-state index in [4.69, 9.17) is 0 Å². The Morgan fingerprint density at radius 2 is 2.33 bits per heavy atom. The van der Waals surface area contributed by atoms with Crippen LogP contribution >= 0.6 is 0 Å². The van der Waals surface area contributed by atoms with Crippen LogP contribution in [0.2, 0.25) is 0 Å². The fourth-order valence-electron chi connectivity index (χ4n) is 2.22. The number of anilines is 1. The molecule has 2 N–H and O–H groups in total. The molecule has 4 nitrogen and oxygen atoms in total. The average molecular weight is 247 g/mol. The number of hydrogen-bond acceptors (Lipinski definition) is 3. The van der Waals surface area contributed by atoms with Gasteiger partial charge in [0.2, 0.25) is 0 Å². The number of rotatable bonds is 6. The van der Waals surface area contributed by atoms with Gasteiger partial charge in [-0.05, 0) is 37.8 Å². The van der Waals surface area contributed by atoms with Crippen LogP contribution in [0.5, 0.6) is 0 Å². The van der Waals surface area contributed by atoms with E-state index in [9.17, 15) is 4.79 Å². The maximum atomic E-state index is 11.7. The minimum atomic E-state index is -0.109. The molecule has 2 unspecified atom stereocenters. The summed E-state index contributed by atoms with van der Waals surface area (Å²) >= 11 is 0. The van der Waals surface area contributed by atoms with Crippen molar-refractivity contribution in [1.82, 2.24) is 10.3 Å². The maximum absolute atomic E-state index is 11.7. The molecule has 0 saturated heterocycles. The summed E-state index contributed by atoms with van der Waals surface area (Å²) in [6.07, 6.45) is 5.45. The smallest absolute Gasteiger partial charge is 0.269 e. The van der Waals surface area contributed by atoms with E-state index in [2.05, 4.69) is 22.5 Å². The molecule has 0 spiro atoms. The SMILES string of the molecule is CCCC1CC1Nc1ccnc(C(=O)NCC)c1. The highest BCUT2D eigenvalue weighted by molar-refractivity contribution is 5.93. The lowest BCUT2D eigenvalue weighted by Gasteiger charge is -2.07. The van der Waals surface area contributed by atoms with E-state index in [-0.39, 0.29) is 5.91 Å². The molecule has 1 heterocycles. The van der Waals surface area contributed by atoms with Crippen LogP contribution in [0.25, 0.3) is 0 Å². The van der Waals surface area contributed by atoms with E-state index in [1.54, 1.807) is 6.20 Å². The molecule has 0 aliphatic heterocycles. The Morgan fingerprint density at radius 3 is 3.06 bits per heavy atom. The van der Waals surface area contributed by atoms with Gasteiger partial charge in [0.05, 0.1) is 0 Å². The van der Waals surface area contributed by atoms with Gasteiger partial charge in [-0.2, -0.15) is 0 Å². The Labute approximate surface area is 108 Å². The van der Waals surface area contributed by atoms with Crippen molar-refractivity contribution >= 4 is 11.6 Å². The first-order valence-electron chi connectivity index (χ1n) is 6.75. The topological polar surface area (TPSA) is 54.0 Å². The van der Waals surface area contributed by atoms with Gasteiger partial charge in [-0.25, -0.2) is 0 Å². The fourth-order valence-corrected chi connectivity index (χ4v) is 2.22. The van der Waals surface area contributed by atoms with E-state index in [0.717, 1.165) is 11.6 Å². The molecule has 2 atom stereocenters. The van der Waals surface area contributed by atoms with Crippen LogP contribution in [0, 0.1) is 5.92 Å². The second-order valence-corrected chi connectivity index (χ2v) is 4.82. The van der Waals surface area contributed by atoms with E-state index >= 15 is 0 Å². The first-order valence-corrected chi connectivity index (χ1v) is 6.75. The first kappa shape index (κ1) is 12.9. The summed E-state index contributed by atoms with van der Waals surface area (Å²) in [5.41, 5.74) is 1.48. The Kier molecular flexibility index (Phi) is 4.18. The van der Waals surface area contributed by atoms with Crippen LogP contribution in [0.3, 0.4) is 0 Å². The number of amides is 1. The van der Waals surface area contributed by atoms with E-state index in [1.165, 1.54) is 19.3 Å². The molecule has 18 heavy (non-hydrogen) atoms. The maximum Gasteiger partial charge on any atom is 0.269 e. The number of pyridine rings is 1. The predicted molar refractivity (Wildman–Crippen MR) is 72.7 cm³/mol. The predicted octanol–water partition coefficient (Wildman–Crippen LogP) is 2.43. The molecule has 0 aromatic carbocycles. The zero-order chi connectivity index (χ0) is 13.0. The number of aromatic nitrogens is 1. The molecular weight excluding hydrogens is 226 g/mol. The van der Waals surface area contributed by atoms with Crippen molar-refractivity contribution in [1.29, 1.82) is 0 Å². The number of nitrogens with one attached hydrogen (secondary N) is 2. The third kappa shape index (κ3) is 3.22. The van der Waals surface area contributed by atoms with Gasteiger partial charge >= 0.3 is 0 Å². The molecule has 1 saturated carbocycles. The zero-order valence-electron chi connectivity index (χ0n) is 11.1. The third-order valence-electron chi connectivity index (χ3n) is 3.26. The summed E-state index contributed by atoms with van der Waals surface area (Å²) in [5, 5.41) is 6.23. The summed E-state index contributed by atoms with van der Waals surface area (Å²) in [6, 6.07) is 4.32. The Balaban J connectivity index is 1.94. The van der Waals surface area contributed by atoms with Crippen LogP contribution in [0.4, 0.5) is 5.69 Å². The largest absolute Gasteiger partial charge is 0.382 e. The summed E-state index contributed by atoms with van der Waals surface area (Å²) in [4.78, 5) is 15.8. The Morgan fingerprint density at radius 1 is 1.50 bits per heavy atom.